The van der Waals surface area contributed by atoms with E-state index in [1.165, 1.54) is 0 Å². The summed E-state index contributed by atoms with van der Waals surface area (Å²) in [5, 5.41) is 3.25. The van der Waals surface area contributed by atoms with Gasteiger partial charge in [-0.3, -0.25) is 9.59 Å². The summed E-state index contributed by atoms with van der Waals surface area (Å²) in [5.74, 6) is 0.147. The molecule has 1 atom stereocenters. The molecular formula is C15H21N3O3. The third kappa shape index (κ3) is 4.19. The van der Waals surface area contributed by atoms with Crippen LogP contribution in [0.1, 0.15) is 23.7 Å². The molecule has 1 fully saturated rings. The van der Waals surface area contributed by atoms with Crippen LogP contribution in [0.3, 0.4) is 0 Å². The Labute approximate surface area is 124 Å². The standard InChI is InChI=1S/C15H21N3O3/c1-11-10-17-6-7-18(11)14(19)5-8-21-13-4-2-3-12(9-13)15(16)20/h2-4,9,11,17H,5-8,10H2,1H3,(H2,16,20)/t11-/m1/s1. The molecule has 114 valence electrons. The Morgan fingerprint density at radius 1 is 1.48 bits per heavy atom. The van der Waals surface area contributed by atoms with Crippen molar-refractivity contribution < 1.29 is 14.3 Å². The molecule has 1 heterocycles. The van der Waals surface area contributed by atoms with Crippen LogP contribution in [0.4, 0.5) is 0 Å². The highest BCUT2D eigenvalue weighted by Crippen LogP contribution is 2.13. The van der Waals surface area contributed by atoms with Crippen molar-refractivity contribution in [3.05, 3.63) is 29.8 Å². The molecule has 6 nitrogen and oxygen atoms in total. The van der Waals surface area contributed by atoms with Crippen molar-refractivity contribution in [2.75, 3.05) is 26.2 Å². The molecule has 1 aliphatic rings. The molecule has 0 aliphatic carbocycles. The zero-order chi connectivity index (χ0) is 15.2. The summed E-state index contributed by atoms with van der Waals surface area (Å²) in [6.07, 6.45) is 0.325. The lowest BCUT2D eigenvalue weighted by atomic mass is 10.2. The molecule has 0 spiro atoms. The number of piperazine rings is 1. The molecule has 1 aliphatic heterocycles. The van der Waals surface area contributed by atoms with E-state index in [-0.39, 0.29) is 18.6 Å². The van der Waals surface area contributed by atoms with Gasteiger partial charge in [0.25, 0.3) is 0 Å². The Hall–Kier alpha value is -2.08. The van der Waals surface area contributed by atoms with E-state index >= 15 is 0 Å². The lowest BCUT2D eigenvalue weighted by molar-refractivity contribution is -0.134. The lowest BCUT2D eigenvalue weighted by Crippen LogP contribution is -2.52. The van der Waals surface area contributed by atoms with E-state index in [2.05, 4.69) is 5.32 Å². The minimum atomic E-state index is -0.494. The Balaban J connectivity index is 1.82. The fourth-order valence-electron chi connectivity index (χ4n) is 2.35. The number of carbonyl (C=O) groups is 2. The molecule has 2 amide bonds. The van der Waals surface area contributed by atoms with Crippen molar-refractivity contribution >= 4 is 11.8 Å². The van der Waals surface area contributed by atoms with Crippen LogP contribution in [0.5, 0.6) is 5.75 Å². The first kappa shape index (κ1) is 15.3. The Kier molecular flexibility index (Phi) is 5.16. The maximum atomic E-state index is 12.1. The molecule has 2 rings (SSSR count). The quantitative estimate of drug-likeness (QED) is 0.821. The van der Waals surface area contributed by atoms with Crippen LogP contribution in [-0.2, 0) is 4.79 Å². The molecule has 0 radical (unpaired) electrons. The Morgan fingerprint density at radius 2 is 2.29 bits per heavy atom. The van der Waals surface area contributed by atoms with E-state index in [0.29, 0.717) is 17.7 Å². The van der Waals surface area contributed by atoms with Gasteiger partial charge >= 0.3 is 0 Å². The summed E-state index contributed by atoms with van der Waals surface area (Å²) in [5.41, 5.74) is 5.61. The van der Waals surface area contributed by atoms with Crippen molar-refractivity contribution in [3.63, 3.8) is 0 Å². The molecule has 0 saturated carbocycles. The molecule has 0 unspecified atom stereocenters. The summed E-state index contributed by atoms with van der Waals surface area (Å²) in [4.78, 5) is 25.1. The first-order valence-corrected chi connectivity index (χ1v) is 7.11. The molecule has 0 bridgehead atoms. The largest absolute Gasteiger partial charge is 0.493 e. The number of amides is 2. The Bertz CT molecular complexity index is 519. The second-order valence-electron chi connectivity index (χ2n) is 5.13. The van der Waals surface area contributed by atoms with Crippen LogP contribution in [0, 0.1) is 0 Å². The highest BCUT2D eigenvalue weighted by atomic mass is 16.5. The smallest absolute Gasteiger partial charge is 0.248 e. The SMILES string of the molecule is C[C@@H]1CNCCN1C(=O)CCOc1cccc(C(N)=O)c1. The highest BCUT2D eigenvalue weighted by molar-refractivity contribution is 5.93. The summed E-state index contributed by atoms with van der Waals surface area (Å²) in [7, 11) is 0. The van der Waals surface area contributed by atoms with E-state index in [9.17, 15) is 9.59 Å². The number of benzene rings is 1. The van der Waals surface area contributed by atoms with Gasteiger partial charge in [-0.15, -0.1) is 0 Å². The number of hydrogen-bond acceptors (Lipinski definition) is 4. The fraction of sp³-hybridized carbons (Fsp3) is 0.467. The monoisotopic (exact) mass is 291 g/mol. The van der Waals surface area contributed by atoms with Crippen molar-refractivity contribution in [2.45, 2.75) is 19.4 Å². The molecule has 1 aromatic rings. The third-order valence-electron chi connectivity index (χ3n) is 3.52. The Morgan fingerprint density at radius 3 is 3.00 bits per heavy atom. The number of rotatable bonds is 5. The number of nitrogens with one attached hydrogen (secondary N) is 1. The average Bonchev–Trinajstić information content (AvgIpc) is 2.48. The molecule has 0 aromatic heterocycles. The third-order valence-corrected chi connectivity index (χ3v) is 3.52. The van der Waals surface area contributed by atoms with Crippen molar-refractivity contribution in [1.29, 1.82) is 0 Å². The zero-order valence-corrected chi connectivity index (χ0v) is 12.2. The van der Waals surface area contributed by atoms with Crippen LogP contribution in [0.25, 0.3) is 0 Å². The molecule has 6 heteroatoms. The summed E-state index contributed by atoms with van der Waals surface area (Å²) < 4.78 is 5.52. The van der Waals surface area contributed by atoms with Gasteiger partial charge in [-0.05, 0) is 25.1 Å². The maximum Gasteiger partial charge on any atom is 0.248 e. The van der Waals surface area contributed by atoms with E-state index in [0.717, 1.165) is 19.6 Å². The number of nitrogens with two attached hydrogens (primary N) is 1. The van der Waals surface area contributed by atoms with Crippen LogP contribution < -0.4 is 15.8 Å². The minimum Gasteiger partial charge on any atom is -0.493 e. The zero-order valence-electron chi connectivity index (χ0n) is 12.2. The van der Waals surface area contributed by atoms with Gasteiger partial charge in [0, 0.05) is 31.2 Å². The van der Waals surface area contributed by atoms with Crippen LogP contribution in [0.15, 0.2) is 24.3 Å². The van der Waals surface area contributed by atoms with Gasteiger partial charge in [-0.25, -0.2) is 0 Å². The molecule has 3 N–H and O–H groups in total. The van der Waals surface area contributed by atoms with E-state index < -0.39 is 5.91 Å². The molecule has 1 aromatic carbocycles. The number of hydrogen-bond donors (Lipinski definition) is 2. The van der Waals surface area contributed by atoms with Gasteiger partial charge in [0.15, 0.2) is 0 Å². The fourth-order valence-corrected chi connectivity index (χ4v) is 2.35. The second kappa shape index (κ2) is 7.08. The summed E-state index contributed by atoms with van der Waals surface area (Å²) in [6, 6.07) is 6.87. The maximum absolute atomic E-state index is 12.1. The summed E-state index contributed by atoms with van der Waals surface area (Å²) >= 11 is 0. The van der Waals surface area contributed by atoms with E-state index in [4.69, 9.17) is 10.5 Å². The van der Waals surface area contributed by atoms with Crippen molar-refractivity contribution in [3.8, 4) is 5.75 Å². The van der Waals surface area contributed by atoms with E-state index in [1.807, 2.05) is 11.8 Å². The van der Waals surface area contributed by atoms with Gasteiger partial charge in [0.1, 0.15) is 5.75 Å². The van der Waals surface area contributed by atoms with E-state index in [1.54, 1.807) is 24.3 Å². The number of primary amides is 1. The normalized spacial score (nSPS) is 18.3. The summed E-state index contributed by atoms with van der Waals surface area (Å²) in [6.45, 7) is 4.71. The number of carbonyl (C=O) groups excluding carboxylic acids is 2. The first-order valence-electron chi connectivity index (χ1n) is 7.11. The van der Waals surface area contributed by atoms with Crippen molar-refractivity contribution in [1.82, 2.24) is 10.2 Å². The van der Waals surface area contributed by atoms with Crippen LogP contribution in [0.2, 0.25) is 0 Å². The van der Waals surface area contributed by atoms with Gasteiger partial charge < -0.3 is 20.7 Å². The van der Waals surface area contributed by atoms with Gasteiger partial charge in [-0.2, -0.15) is 0 Å². The second-order valence-corrected chi connectivity index (χ2v) is 5.13. The molecule has 1 saturated heterocycles. The molecule has 21 heavy (non-hydrogen) atoms. The first-order chi connectivity index (χ1) is 10.1. The lowest BCUT2D eigenvalue weighted by Gasteiger charge is -2.34. The van der Waals surface area contributed by atoms with Gasteiger partial charge in [-0.1, -0.05) is 6.07 Å². The predicted molar refractivity (Wildman–Crippen MR) is 79.1 cm³/mol. The average molecular weight is 291 g/mol. The minimum absolute atomic E-state index is 0.0926. The van der Waals surface area contributed by atoms with Gasteiger partial charge in [0.05, 0.1) is 13.0 Å². The highest BCUT2D eigenvalue weighted by Gasteiger charge is 2.22. The number of nitrogens with zero attached hydrogens (tertiary/aromatic N) is 1. The van der Waals surface area contributed by atoms with Crippen molar-refractivity contribution in [2.24, 2.45) is 5.73 Å². The number of ether oxygens (including phenoxy) is 1. The topological polar surface area (TPSA) is 84.7 Å². The molecular weight excluding hydrogens is 270 g/mol. The van der Waals surface area contributed by atoms with Crippen LogP contribution >= 0.6 is 0 Å². The van der Waals surface area contributed by atoms with Gasteiger partial charge in [0.2, 0.25) is 11.8 Å². The van der Waals surface area contributed by atoms with Crippen LogP contribution in [-0.4, -0.2) is 49.0 Å². The predicted octanol–water partition coefficient (Wildman–Crippen LogP) is 0.375.